The highest BCUT2D eigenvalue weighted by atomic mass is 32.2. The Bertz CT molecular complexity index is 609. The van der Waals surface area contributed by atoms with E-state index in [0.29, 0.717) is 4.91 Å². The molecule has 0 fully saturated rings. The van der Waals surface area contributed by atoms with Crippen LogP contribution < -0.4 is 0 Å². The Labute approximate surface area is 89.5 Å². The average Bonchev–Trinajstić information content (AvgIpc) is 2.61. The zero-order chi connectivity index (χ0) is 10.4. The molecular formula is C12H8O2S. The van der Waals surface area contributed by atoms with Gasteiger partial charge in [0.2, 0.25) is 0 Å². The van der Waals surface area contributed by atoms with Gasteiger partial charge in [-0.2, -0.15) is 0 Å². The lowest BCUT2D eigenvalue weighted by molar-refractivity contribution is 0.576. The van der Waals surface area contributed by atoms with E-state index in [1.807, 2.05) is 36.4 Å². The van der Waals surface area contributed by atoms with E-state index < -0.39 is 11.1 Å². The first kappa shape index (κ1) is 8.83. The van der Waals surface area contributed by atoms with E-state index >= 15 is 0 Å². The van der Waals surface area contributed by atoms with Crippen molar-refractivity contribution in [3.8, 4) is 0 Å². The Morgan fingerprint density at radius 1 is 1.07 bits per heavy atom. The second-order valence-electron chi connectivity index (χ2n) is 3.51. The molecule has 0 heterocycles. The van der Waals surface area contributed by atoms with Crippen molar-refractivity contribution in [2.24, 2.45) is 0 Å². The molecule has 74 valence electrons. The van der Waals surface area contributed by atoms with Gasteiger partial charge in [-0.25, -0.2) is 4.21 Å². The van der Waals surface area contributed by atoms with Crippen molar-refractivity contribution in [3.05, 3.63) is 47.5 Å². The summed E-state index contributed by atoms with van der Waals surface area (Å²) in [5.41, 5.74) is 1.91. The third kappa shape index (κ3) is 1.17. The smallest absolute Gasteiger partial charge is 0.187 e. The van der Waals surface area contributed by atoms with Crippen molar-refractivity contribution < 1.29 is 8.76 Å². The second kappa shape index (κ2) is 3.02. The van der Waals surface area contributed by atoms with E-state index in [9.17, 15) is 8.76 Å². The summed E-state index contributed by atoms with van der Waals surface area (Å²) in [6.07, 6.45) is 1.79. The first-order chi connectivity index (χ1) is 7.27. The van der Waals surface area contributed by atoms with Crippen LogP contribution in [0.2, 0.25) is 0 Å². The Hall–Kier alpha value is -1.45. The second-order valence-corrected chi connectivity index (χ2v) is 4.45. The van der Waals surface area contributed by atoms with Crippen LogP contribution >= 0.6 is 0 Å². The van der Waals surface area contributed by atoms with Crippen molar-refractivity contribution in [2.75, 3.05) is 0 Å². The molecule has 3 heteroatoms. The van der Waals surface area contributed by atoms with Crippen LogP contribution in [0.4, 0.5) is 0 Å². The van der Waals surface area contributed by atoms with Gasteiger partial charge in [0.15, 0.2) is 11.1 Å². The predicted octanol–water partition coefficient (Wildman–Crippen LogP) is 2.87. The number of hydrogen-bond acceptors (Lipinski definition) is 1. The maximum absolute atomic E-state index is 11.2. The first-order valence-electron chi connectivity index (χ1n) is 4.62. The van der Waals surface area contributed by atoms with Crippen LogP contribution in [0.3, 0.4) is 0 Å². The van der Waals surface area contributed by atoms with E-state index in [0.717, 1.165) is 21.9 Å². The van der Waals surface area contributed by atoms with Crippen LogP contribution in [-0.4, -0.2) is 8.76 Å². The third-order valence-electron chi connectivity index (χ3n) is 2.68. The molecule has 2 aromatic carbocycles. The monoisotopic (exact) mass is 216 g/mol. The van der Waals surface area contributed by atoms with Gasteiger partial charge in [0.1, 0.15) is 0 Å². The maximum Gasteiger partial charge on any atom is 0.187 e. The van der Waals surface area contributed by atoms with Crippen molar-refractivity contribution >= 4 is 32.8 Å². The molecule has 2 nitrogen and oxygen atoms in total. The molecule has 2 aromatic rings. The molecule has 1 unspecified atom stereocenters. The summed E-state index contributed by atoms with van der Waals surface area (Å²) in [4.78, 5) is 0.502. The lowest BCUT2D eigenvalue weighted by atomic mass is 10.0. The lowest BCUT2D eigenvalue weighted by Gasteiger charge is -2.02. The molecule has 0 bridgehead atoms. The number of rotatable bonds is 1. The van der Waals surface area contributed by atoms with Crippen LogP contribution in [0.1, 0.15) is 11.1 Å². The summed E-state index contributed by atoms with van der Waals surface area (Å²) in [5.74, 6) is 0. The van der Waals surface area contributed by atoms with Crippen LogP contribution in [0.25, 0.3) is 21.8 Å². The van der Waals surface area contributed by atoms with Crippen LogP contribution in [-0.2, 0) is 11.1 Å². The van der Waals surface area contributed by atoms with E-state index in [1.54, 1.807) is 6.08 Å². The summed E-state index contributed by atoms with van der Waals surface area (Å²) in [5, 5.41) is 2.19. The first-order valence-corrected chi connectivity index (χ1v) is 5.73. The summed E-state index contributed by atoms with van der Waals surface area (Å²) < 4.78 is 20.3. The Morgan fingerprint density at radius 3 is 2.53 bits per heavy atom. The largest absolute Gasteiger partial charge is 0.302 e. The number of benzene rings is 2. The fourth-order valence-corrected chi connectivity index (χ4v) is 2.65. The predicted molar refractivity (Wildman–Crippen MR) is 62.6 cm³/mol. The molecule has 0 aromatic heterocycles. The highest BCUT2D eigenvalue weighted by molar-refractivity contribution is 7.89. The molecule has 0 spiro atoms. The van der Waals surface area contributed by atoms with Crippen molar-refractivity contribution in [2.45, 2.75) is 0 Å². The van der Waals surface area contributed by atoms with Crippen molar-refractivity contribution in [1.29, 1.82) is 0 Å². The van der Waals surface area contributed by atoms with Crippen LogP contribution in [0.5, 0.6) is 0 Å². The zero-order valence-electron chi connectivity index (χ0n) is 7.81. The molecule has 15 heavy (non-hydrogen) atoms. The summed E-state index contributed by atoms with van der Waals surface area (Å²) >= 11 is -1.91. The quantitative estimate of drug-likeness (QED) is 0.744. The molecule has 1 N–H and O–H groups in total. The standard InChI is InChI=1S/C12H8O2S/c13-15(14)11-7-9-5-1-3-8-4-2-6-10(11)12(8)9/h1-7H,(H,13,14). The Balaban J connectivity index is 2.45. The number of hydrogen-bond donors (Lipinski definition) is 1. The molecule has 0 aliphatic heterocycles. The highest BCUT2D eigenvalue weighted by Gasteiger charge is 2.19. The van der Waals surface area contributed by atoms with E-state index in [1.165, 1.54) is 0 Å². The molecule has 3 rings (SSSR count). The molecule has 0 saturated carbocycles. The highest BCUT2D eigenvalue weighted by Crippen LogP contribution is 2.37. The lowest BCUT2D eigenvalue weighted by Crippen LogP contribution is -1.89. The minimum Gasteiger partial charge on any atom is -0.302 e. The molecule has 1 aliphatic carbocycles. The topological polar surface area (TPSA) is 37.3 Å². The maximum atomic E-state index is 11.2. The summed E-state index contributed by atoms with van der Waals surface area (Å²) in [7, 11) is 0. The minimum absolute atomic E-state index is 0.502. The van der Waals surface area contributed by atoms with Crippen molar-refractivity contribution in [1.82, 2.24) is 0 Å². The third-order valence-corrected chi connectivity index (χ3v) is 3.39. The average molecular weight is 216 g/mol. The van der Waals surface area contributed by atoms with Gasteiger partial charge in [0.05, 0.1) is 4.91 Å². The van der Waals surface area contributed by atoms with E-state index in [-0.39, 0.29) is 0 Å². The van der Waals surface area contributed by atoms with Gasteiger partial charge in [-0.15, -0.1) is 0 Å². The van der Waals surface area contributed by atoms with Gasteiger partial charge >= 0.3 is 0 Å². The van der Waals surface area contributed by atoms with Gasteiger partial charge in [-0.05, 0) is 22.4 Å². The van der Waals surface area contributed by atoms with E-state index in [2.05, 4.69) is 0 Å². The molecule has 0 saturated heterocycles. The van der Waals surface area contributed by atoms with Gasteiger partial charge in [-0.3, -0.25) is 0 Å². The molecule has 0 radical (unpaired) electrons. The van der Waals surface area contributed by atoms with Crippen LogP contribution in [0, 0.1) is 0 Å². The normalized spacial score (nSPS) is 15.4. The summed E-state index contributed by atoms with van der Waals surface area (Å²) in [6.45, 7) is 0. The molecule has 1 atom stereocenters. The Kier molecular flexibility index (Phi) is 1.78. The zero-order valence-corrected chi connectivity index (χ0v) is 8.62. The Morgan fingerprint density at radius 2 is 1.80 bits per heavy atom. The van der Waals surface area contributed by atoms with Crippen LogP contribution in [0.15, 0.2) is 36.4 Å². The fraction of sp³-hybridized carbons (Fsp3) is 0. The SMILES string of the molecule is O=S(O)C1=Cc2cccc3cccc1c23. The minimum atomic E-state index is -1.91. The van der Waals surface area contributed by atoms with Gasteiger partial charge in [0, 0.05) is 5.56 Å². The summed E-state index contributed by atoms with van der Waals surface area (Å²) in [6, 6.07) is 11.7. The molecule has 1 aliphatic rings. The molecular weight excluding hydrogens is 208 g/mol. The van der Waals surface area contributed by atoms with Gasteiger partial charge in [0.25, 0.3) is 0 Å². The molecule has 0 amide bonds. The van der Waals surface area contributed by atoms with Crippen molar-refractivity contribution in [3.63, 3.8) is 0 Å². The van der Waals surface area contributed by atoms with Gasteiger partial charge < -0.3 is 4.55 Å². The van der Waals surface area contributed by atoms with Gasteiger partial charge in [-0.1, -0.05) is 36.4 Å². The fourth-order valence-electron chi connectivity index (χ4n) is 2.06. The van der Waals surface area contributed by atoms with E-state index in [4.69, 9.17) is 0 Å².